The maximum absolute atomic E-state index is 10.9. The Balaban J connectivity index is 1.51. The number of fused-ring (bicyclic) bond motifs is 2. The van der Waals surface area contributed by atoms with Gasteiger partial charge in [0.1, 0.15) is 0 Å². The number of para-hydroxylation sites is 2. The first-order valence-electron chi connectivity index (χ1n) is 10.6. The van der Waals surface area contributed by atoms with Crippen LogP contribution in [0.5, 0.6) is 0 Å². The van der Waals surface area contributed by atoms with Gasteiger partial charge in [-0.2, -0.15) is 0 Å². The summed E-state index contributed by atoms with van der Waals surface area (Å²) in [6.07, 6.45) is 1.77. The molecule has 8 nitrogen and oxygen atoms in total. The average molecular weight is 469 g/mol. The van der Waals surface area contributed by atoms with E-state index in [9.17, 15) is 10.1 Å². The average Bonchev–Trinajstić information content (AvgIpc) is 2.82. The highest BCUT2D eigenvalue weighted by Gasteiger charge is 2.13. The molecule has 5 rings (SSSR count). The highest BCUT2D eigenvalue weighted by atomic mass is 32.2. The fraction of sp³-hybridized carbons (Fsp3) is 0.0800. The summed E-state index contributed by atoms with van der Waals surface area (Å²) in [4.78, 5) is 25.5. The second-order valence-electron chi connectivity index (χ2n) is 7.76. The number of benzene rings is 3. The third kappa shape index (κ3) is 4.74. The van der Waals surface area contributed by atoms with E-state index in [2.05, 4.69) is 21.1 Å². The Labute approximate surface area is 199 Å². The molecule has 0 saturated heterocycles. The molecular weight excluding hydrogens is 448 g/mol. The first-order chi connectivity index (χ1) is 16.5. The Bertz CT molecular complexity index is 1520. The Morgan fingerprint density at radius 3 is 2.53 bits per heavy atom. The molecule has 0 unspecified atom stereocenters. The van der Waals surface area contributed by atoms with E-state index < -0.39 is 0 Å². The van der Waals surface area contributed by atoms with E-state index in [1.54, 1.807) is 24.4 Å². The lowest BCUT2D eigenvalue weighted by molar-refractivity contribution is -0.496. The van der Waals surface area contributed by atoms with E-state index >= 15 is 0 Å². The minimum atomic E-state index is -0.339. The number of hydrogen-bond donors (Lipinski definition) is 2. The van der Waals surface area contributed by atoms with Gasteiger partial charge in [0.05, 0.1) is 22.2 Å². The largest absolute Gasteiger partial charge is 0.335 e. The van der Waals surface area contributed by atoms with Gasteiger partial charge in [0.25, 0.3) is 0 Å². The van der Waals surface area contributed by atoms with Gasteiger partial charge < -0.3 is 10.0 Å². The molecule has 0 aliphatic heterocycles. The molecule has 0 fully saturated rings. The highest BCUT2D eigenvalue weighted by Crippen LogP contribution is 2.32. The fourth-order valence-electron chi connectivity index (χ4n) is 3.69. The first kappa shape index (κ1) is 21.6. The van der Waals surface area contributed by atoms with Crippen molar-refractivity contribution in [3.05, 3.63) is 100 Å². The SMILES string of the molecule is Cc1cc(Nc2nc3ccccc3nc2NSc2cccc(C[N+](=O)[O-])c2)c2ncccc2c1. The van der Waals surface area contributed by atoms with E-state index in [1.807, 2.05) is 55.5 Å². The number of nitro groups is 1. The zero-order valence-corrected chi connectivity index (χ0v) is 19.0. The van der Waals surface area contributed by atoms with Gasteiger partial charge in [-0.05, 0) is 66.9 Å². The molecule has 5 aromatic rings. The molecule has 0 saturated carbocycles. The fourth-order valence-corrected chi connectivity index (χ4v) is 4.40. The van der Waals surface area contributed by atoms with Crippen molar-refractivity contribution in [3.63, 3.8) is 0 Å². The van der Waals surface area contributed by atoms with Crippen LogP contribution in [-0.4, -0.2) is 19.9 Å². The van der Waals surface area contributed by atoms with Gasteiger partial charge in [-0.25, -0.2) is 9.97 Å². The van der Waals surface area contributed by atoms with Crippen LogP contribution in [0.2, 0.25) is 0 Å². The summed E-state index contributed by atoms with van der Waals surface area (Å²) >= 11 is 1.32. The third-order valence-corrected chi connectivity index (χ3v) is 5.93. The molecule has 2 N–H and O–H groups in total. The van der Waals surface area contributed by atoms with Crippen LogP contribution in [0, 0.1) is 17.0 Å². The predicted molar refractivity (Wildman–Crippen MR) is 136 cm³/mol. The summed E-state index contributed by atoms with van der Waals surface area (Å²) in [5, 5.41) is 15.3. The molecule has 168 valence electrons. The van der Waals surface area contributed by atoms with Gasteiger partial charge in [-0.3, -0.25) is 15.1 Å². The van der Waals surface area contributed by atoms with E-state index in [0.717, 1.165) is 38.1 Å². The van der Waals surface area contributed by atoms with Crippen LogP contribution in [-0.2, 0) is 6.54 Å². The summed E-state index contributed by atoms with van der Waals surface area (Å²) in [6.45, 7) is 1.82. The van der Waals surface area contributed by atoms with E-state index in [4.69, 9.17) is 9.97 Å². The summed E-state index contributed by atoms with van der Waals surface area (Å²) in [6, 6.07) is 23.0. The number of rotatable bonds is 7. The lowest BCUT2D eigenvalue weighted by Crippen LogP contribution is -2.03. The van der Waals surface area contributed by atoms with Crippen molar-refractivity contribution in [2.75, 3.05) is 10.0 Å². The van der Waals surface area contributed by atoms with Crippen molar-refractivity contribution in [3.8, 4) is 0 Å². The quantitative estimate of drug-likeness (QED) is 0.167. The van der Waals surface area contributed by atoms with Gasteiger partial charge in [-0.15, -0.1) is 0 Å². The van der Waals surface area contributed by atoms with Crippen molar-refractivity contribution in [1.82, 2.24) is 15.0 Å². The molecule has 0 aliphatic carbocycles. The van der Waals surface area contributed by atoms with Crippen LogP contribution in [0.3, 0.4) is 0 Å². The monoisotopic (exact) mass is 468 g/mol. The molecule has 2 aromatic heterocycles. The number of pyridine rings is 1. The number of aryl methyl sites for hydroxylation is 1. The number of nitrogens with one attached hydrogen (secondary N) is 2. The third-order valence-electron chi connectivity index (χ3n) is 5.15. The minimum Gasteiger partial charge on any atom is -0.335 e. The highest BCUT2D eigenvalue weighted by molar-refractivity contribution is 8.00. The Morgan fingerprint density at radius 2 is 1.74 bits per heavy atom. The van der Waals surface area contributed by atoms with Crippen LogP contribution in [0.4, 0.5) is 17.3 Å². The molecule has 0 spiro atoms. The normalized spacial score (nSPS) is 11.0. The van der Waals surface area contributed by atoms with Crippen LogP contribution in [0.25, 0.3) is 21.9 Å². The Morgan fingerprint density at radius 1 is 0.941 bits per heavy atom. The van der Waals surface area contributed by atoms with Gasteiger partial charge >= 0.3 is 0 Å². The number of hydrogen-bond acceptors (Lipinski definition) is 8. The molecule has 3 aromatic carbocycles. The molecule has 0 radical (unpaired) electrons. The maximum Gasteiger partial charge on any atom is 0.228 e. The van der Waals surface area contributed by atoms with Crippen molar-refractivity contribution in [1.29, 1.82) is 0 Å². The molecule has 0 aliphatic rings. The zero-order chi connectivity index (χ0) is 23.5. The van der Waals surface area contributed by atoms with E-state index in [0.29, 0.717) is 17.2 Å². The van der Waals surface area contributed by atoms with Crippen molar-refractivity contribution < 1.29 is 4.92 Å². The summed E-state index contributed by atoms with van der Waals surface area (Å²) < 4.78 is 3.28. The minimum absolute atomic E-state index is 0.218. The second kappa shape index (κ2) is 9.32. The first-order valence-corrected chi connectivity index (χ1v) is 11.4. The molecule has 2 heterocycles. The van der Waals surface area contributed by atoms with E-state index in [1.165, 1.54) is 11.9 Å². The molecule has 34 heavy (non-hydrogen) atoms. The van der Waals surface area contributed by atoms with Gasteiger partial charge in [-0.1, -0.05) is 30.3 Å². The Hall–Kier alpha value is -4.24. The van der Waals surface area contributed by atoms with Crippen LogP contribution >= 0.6 is 11.9 Å². The van der Waals surface area contributed by atoms with Crippen molar-refractivity contribution in [2.45, 2.75) is 18.4 Å². The lowest BCUT2D eigenvalue weighted by atomic mass is 10.1. The maximum atomic E-state index is 10.9. The molecule has 0 amide bonds. The van der Waals surface area contributed by atoms with Crippen molar-refractivity contribution in [2.24, 2.45) is 0 Å². The lowest BCUT2D eigenvalue weighted by Gasteiger charge is -2.15. The topological polar surface area (TPSA) is 106 Å². The number of anilines is 3. The Kier molecular flexibility index (Phi) is 5.92. The smallest absolute Gasteiger partial charge is 0.228 e. The zero-order valence-electron chi connectivity index (χ0n) is 18.2. The predicted octanol–water partition coefficient (Wildman–Crippen LogP) is 6.13. The van der Waals surface area contributed by atoms with Crippen LogP contribution in [0.15, 0.2) is 83.9 Å². The van der Waals surface area contributed by atoms with Gasteiger partial charge in [0, 0.05) is 27.0 Å². The van der Waals surface area contributed by atoms with Crippen molar-refractivity contribution >= 4 is 51.2 Å². The van der Waals surface area contributed by atoms with Gasteiger partial charge in [0.15, 0.2) is 11.6 Å². The van der Waals surface area contributed by atoms with E-state index in [-0.39, 0.29) is 11.5 Å². The van der Waals surface area contributed by atoms with Crippen LogP contribution in [0.1, 0.15) is 11.1 Å². The summed E-state index contributed by atoms with van der Waals surface area (Å²) in [7, 11) is 0. The summed E-state index contributed by atoms with van der Waals surface area (Å²) in [5.41, 5.74) is 4.93. The standard InChI is InChI=1S/C25H20N6O2S/c1-16-12-18-7-5-11-26-23(18)22(13-16)29-24-25(28-21-10-3-2-9-20(21)27-24)30-34-19-8-4-6-17(14-19)15-31(32)33/h2-14H,15H2,1H3,(H,27,29)(H,28,30). The molecule has 0 atom stereocenters. The van der Waals surface area contributed by atoms with Gasteiger partial charge in [0.2, 0.25) is 6.54 Å². The second-order valence-corrected chi connectivity index (χ2v) is 8.64. The molecular formula is C25H20N6O2S. The summed E-state index contributed by atoms with van der Waals surface area (Å²) in [5.74, 6) is 1.11. The molecule has 0 bridgehead atoms. The number of nitrogens with zero attached hydrogens (tertiary/aromatic N) is 4. The van der Waals surface area contributed by atoms with Crippen LogP contribution < -0.4 is 10.0 Å². The number of aromatic nitrogens is 3. The molecule has 9 heteroatoms.